The molecule has 5 rings (SSSR count). The van der Waals surface area contributed by atoms with Crippen LogP contribution in [-0.2, 0) is 0 Å². The van der Waals surface area contributed by atoms with Crippen molar-refractivity contribution in [2.75, 3.05) is 24.5 Å². The molecule has 2 N–H and O–H groups in total. The van der Waals surface area contributed by atoms with Crippen molar-refractivity contribution in [3.05, 3.63) is 40.2 Å². The molecule has 0 aliphatic carbocycles. The first kappa shape index (κ1) is 18.1. The third kappa shape index (κ3) is 2.97. The summed E-state index contributed by atoms with van der Waals surface area (Å²) in [5.41, 5.74) is -1.09. The Morgan fingerprint density at radius 3 is 2.86 bits per heavy atom. The smallest absolute Gasteiger partial charge is 0.341 e. The molecule has 2 aliphatic rings. The summed E-state index contributed by atoms with van der Waals surface area (Å²) in [4.78, 5) is 34.4. The van der Waals surface area contributed by atoms with Crippen LogP contribution in [0, 0.1) is 11.7 Å². The molecule has 2 fully saturated rings. The lowest BCUT2D eigenvalue weighted by Crippen LogP contribution is -2.55. The molecule has 9 nitrogen and oxygen atoms in total. The van der Waals surface area contributed by atoms with E-state index in [0.717, 1.165) is 37.0 Å². The van der Waals surface area contributed by atoms with Crippen molar-refractivity contribution in [2.24, 2.45) is 5.92 Å². The number of carboxylic acid groups (broad SMARTS) is 1. The van der Waals surface area contributed by atoms with Gasteiger partial charge in [0.15, 0.2) is 17.3 Å². The Morgan fingerprint density at radius 1 is 1.38 bits per heavy atom. The van der Waals surface area contributed by atoms with Gasteiger partial charge in [0.25, 0.3) is 0 Å². The monoisotopic (exact) mass is 416 g/mol. The van der Waals surface area contributed by atoms with Gasteiger partial charge in [-0.05, 0) is 25.5 Å². The van der Waals surface area contributed by atoms with Gasteiger partial charge in [0, 0.05) is 42.8 Å². The summed E-state index contributed by atoms with van der Waals surface area (Å²) in [5.74, 6) is -1.44. The van der Waals surface area contributed by atoms with Gasteiger partial charge in [0.1, 0.15) is 11.9 Å². The van der Waals surface area contributed by atoms with E-state index in [9.17, 15) is 19.1 Å². The number of nitrogens with one attached hydrogen (secondary N) is 1. The fraction of sp³-hybridized carbons (Fsp3) is 0.389. The van der Waals surface area contributed by atoms with Crippen LogP contribution in [0.4, 0.5) is 10.2 Å². The van der Waals surface area contributed by atoms with Gasteiger partial charge >= 0.3 is 5.97 Å². The molecule has 0 aromatic carbocycles. The van der Waals surface area contributed by atoms with Crippen LogP contribution in [0.1, 0.15) is 23.2 Å². The predicted molar refractivity (Wildman–Crippen MR) is 104 cm³/mol. The maximum Gasteiger partial charge on any atom is 0.341 e. The van der Waals surface area contributed by atoms with E-state index in [1.807, 2.05) is 4.90 Å². The lowest BCUT2D eigenvalue weighted by atomic mass is 9.90. The third-order valence-corrected chi connectivity index (χ3v) is 6.24. The Hall–Kier alpha value is -2.92. The summed E-state index contributed by atoms with van der Waals surface area (Å²) in [6, 6.07) is 1.53. The molecular weight excluding hydrogens is 399 g/mol. The highest BCUT2D eigenvalue weighted by Crippen LogP contribution is 2.31. The SMILES string of the molecule is O=C(O)c1cn(-c2ncns2)c2nc(N3CC(C4CCCN4)C3)c(F)cc2c1=O. The maximum atomic E-state index is 14.8. The highest BCUT2D eigenvalue weighted by Gasteiger charge is 2.36. The van der Waals surface area contributed by atoms with Crippen molar-refractivity contribution in [1.29, 1.82) is 0 Å². The van der Waals surface area contributed by atoms with Crippen LogP contribution in [0.2, 0.25) is 0 Å². The Balaban J connectivity index is 1.60. The summed E-state index contributed by atoms with van der Waals surface area (Å²) in [5, 5.41) is 13.1. The van der Waals surface area contributed by atoms with Gasteiger partial charge in [-0.1, -0.05) is 0 Å². The number of aromatic nitrogens is 4. The number of fused-ring (bicyclic) bond motifs is 1. The van der Waals surface area contributed by atoms with E-state index in [1.54, 1.807) is 0 Å². The highest BCUT2D eigenvalue weighted by molar-refractivity contribution is 7.08. The van der Waals surface area contributed by atoms with Crippen LogP contribution in [-0.4, -0.2) is 55.7 Å². The van der Waals surface area contributed by atoms with Gasteiger partial charge in [-0.2, -0.15) is 4.37 Å². The number of carboxylic acids is 1. The number of halogens is 1. The van der Waals surface area contributed by atoms with E-state index in [0.29, 0.717) is 30.2 Å². The number of anilines is 1. The highest BCUT2D eigenvalue weighted by atomic mass is 32.1. The lowest BCUT2D eigenvalue weighted by molar-refractivity contribution is 0.0695. The molecule has 29 heavy (non-hydrogen) atoms. The van der Waals surface area contributed by atoms with E-state index >= 15 is 0 Å². The quantitative estimate of drug-likeness (QED) is 0.654. The van der Waals surface area contributed by atoms with Crippen molar-refractivity contribution in [1.82, 2.24) is 24.2 Å². The van der Waals surface area contributed by atoms with Gasteiger partial charge in [0.2, 0.25) is 10.6 Å². The minimum Gasteiger partial charge on any atom is -0.477 e. The van der Waals surface area contributed by atoms with Crippen LogP contribution in [0.25, 0.3) is 16.2 Å². The van der Waals surface area contributed by atoms with Gasteiger partial charge in [-0.3, -0.25) is 9.36 Å². The molecular formula is C18H17FN6O3S. The molecule has 0 bridgehead atoms. The van der Waals surface area contributed by atoms with Crippen molar-refractivity contribution >= 4 is 34.4 Å². The summed E-state index contributed by atoms with van der Waals surface area (Å²) in [6.07, 6.45) is 4.78. The predicted octanol–water partition coefficient (Wildman–Crippen LogP) is 1.26. The van der Waals surface area contributed by atoms with Crippen molar-refractivity contribution < 1.29 is 14.3 Å². The van der Waals surface area contributed by atoms with E-state index in [4.69, 9.17) is 0 Å². The number of pyridine rings is 2. The topological polar surface area (TPSA) is 113 Å². The number of aromatic carboxylic acids is 1. The largest absolute Gasteiger partial charge is 0.477 e. The normalized spacial score (nSPS) is 19.6. The molecule has 5 heterocycles. The summed E-state index contributed by atoms with van der Waals surface area (Å²) in [7, 11) is 0. The Kier molecular flexibility index (Phi) is 4.28. The Morgan fingerprint density at radius 2 is 2.21 bits per heavy atom. The molecule has 1 unspecified atom stereocenters. The van der Waals surface area contributed by atoms with E-state index < -0.39 is 22.8 Å². The van der Waals surface area contributed by atoms with E-state index in [2.05, 4.69) is 19.7 Å². The first-order chi connectivity index (χ1) is 14.0. The molecule has 1 atom stereocenters. The lowest BCUT2D eigenvalue weighted by Gasteiger charge is -2.43. The van der Waals surface area contributed by atoms with Crippen LogP contribution in [0.3, 0.4) is 0 Å². The second-order valence-electron chi connectivity index (χ2n) is 7.30. The second kappa shape index (κ2) is 6.85. The summed E-state index contributed by atoms with van der Waals surface area (Å²) in [6.45, 7) is 2.39. The summed E-state index contributed by atoms with van der Waals surface area (Å²) < 4.78 is 20.2. The van der Waals surface area contributed by atoms with Crippen molar-refractivity contribution in [3.8, 4) is 5.13 Å². The molecule has 150 valence electrons. The van der Waals surface area contributed by atoms with Gasteiger partial charge in [-0.25, -0.2) is 19.2 Å². The Bertz CT molecular complexity index is 1150. The third-order valence-electron chi connectivity index (χ3n) is 5.58. The molecule has 0 spiro atoms. The van der Waals surface area contributed by atoms with Gasteiger partial charge < -0.3 is 15.3 Å². The number of hydrogen-bond acceptors (Lipinski definition) is 8. The molecule has 0 amide bonds. The summed E-state index contributed by atoms with van der Waals surface area (Å²) >= 11 is 1.02. The average molecular weight is 416 g/mol. The van der Waals surface area contributed by atoms with E-state index in [-0.39, 0.29) is 16.9 Å². The minimum absolute atomic E-state index is 0.101. The van der Waals surface area contributed by atoms with E-state index in [1.165, 1.54) is 17.1 Å². The van der Waals surface area contributed by atoms with Crippen LogP contribution in [0.15, 0.2) is 23.4 Å². The fourth-order valence-electron chi connectivity index (χ4n) is 4.06. The van der Waals surface area contributed by atoms with Crippen LogP contribution >= 0.6 is 11.5 Å². The molecule has 0 radical (unpaired) electrons. The zero-order valence-corrected chi connectivity index (χ0v) is 16.0. The number of carbonyl (C=O) groups is 1. The minimum atomic E-state index is -1.39. The number of rotatable bonds is 4. The standard InChI is InChI=1S/C18H17FN6O3S/c19-12-4-10-14(26)11(17(27)28)7-25(18-21-8-22-29-18)15(10)23-16(12)24-5-9(6-24)13-2-1-3-20-13/h4,7-9,13,20H,1-3,5-6H2,(H,27,28). The van der Waals surface area contributed by atoms with Gasteiger partial charge in [-0.15, -0.1) is 0 Å². The Labute approximate surface area is 168 Å². The van der Waals surface area contributed by atoms with Crippen LogP contribution < -0.4 is 15.6 Å². The maximum absolute atomic E-state index is 14.8. The average Bonchev–Trinajstić information content (AvgIpc) is 3.35. The molecule has 3 aromatic rings. The molecule has 3 aromatic heterocycles. The molecule has 11 heteroatoms. The number of hydrogen-bond donors (Lipinski definition) is 2. The molecule has 2 aliphatic heterocycles. The first-order valence-electron chi connectivity index (χ1n) is 9.27. The van der Waals surface area contributed by atoms with Crippen LogP contribution in [0.5, 0.6) is 0 Å². The number of nitrogens with zero attached hydrogens (tertiary/aromatic N) is 5. The van der Waals surface area contributed by atoms with Crippen molar-refractivity contribution in [2.45, 2.75) is 18.9 Å². The fourth-order valence-corrected chi connectivity index (χ4v) is 4.57. The molecule has 0 saturated carbocycles. The van der Waals surface area contributed by atoms with Crippen molar-refractivity contribution in [3.63, 3.8) is 0 Å². The van der Waals surface area contributed by atoms with Gasteiger partial charge in [0.05, 0.1) is 5.39 Å². The first-order valence-corrected chi connectivity index (χ1v) is 10.0. The zero-order chi connectivity index (χ0) is 20.1. The zero-order valence-electron chi connectivity index (χ0n) is 15.2. The second-order valence-corrected chi connectivity index (χ2v) is 8.06. The molecule has 2 saturated heterocycles.